The highest BCUT2D eigenvalue weighted by Gasteiger charge is 2.18. The Balaban J connectivity index is 1.91. The van der Waals surface area contributed by atoms with Crippen LogP contribution in [0.4, 0.5) is 5.69 Å². The van der Waals surface area contributed by atoms with Gasteiger partial charge in [-0.2, -0.15) is 0 Å². The Labute approximate surface area is 135 Å². The fourth-order valence-corrected chi connectivity index (χ4v) is 2.74. The Hall–Kier alpha value is -2.41. The lowest BCUT2D eigenvalue weighted by molar-refractivity contribution is -0.884. The molecule has 1 aromatic carbocycles. The normalized spacial score (nSPS) is 16.4. The van der Waals surface area contributed by atoms with E-state index in [0.29, 0.717) is 5.69 Å². The second-order valence-corrected chi connectivity index (χ2v) is 6.01. The maximum Gasteiger partial charge on any atom is 0.299 e. The Bertz CT molecular complexity index is 753. The monoisotopic (exact) mass is 315 g/mol. The van der Waals surface area contributed by atoms with E-state index in [9.17, 15) is 4.79 Å². The fraction of sp³-hybridized carbons (Fsp3) is 0.438. The van der Waals surface area contributed by atoms with Gasteiger partial charge in [-0.25, -0.2) is 4.68 Å². The zero-order valence-corrected chi connectivity index (χ0v) is 13.9. The van der Waals surface area contributed by atoms with Crippen molar-refractivity contribution in [3.05, 3.63) is 46.4 Å². The van der Waals surface area contributed by atoms with E-state index >= 15 is 0 Å². The lowest BCUT2D eigenvalue weighted by Gasteiger charge is -2.26. The van der Waals surface area contributed by atoms with Crippen molar-refractivity contribution in [1.82, 2.24) is 14.4 Å². The minimum absolute atomic E-state index is 0.139. The predicted molar refractivity (Wildman–Crippen MR) is 88.5 cm³/mol. The number of likely N-dealkylation sites (N-methyl/N-ethyl adjacent to an activating group) is 1. The maximum absolute atomic E-state index is 12.7. The van der Waals surface area contributed by atoms with Crippen LogP contribution in [0.3, 0.4) is 0 Å². The molecule has 2 aromatic rings. The quantitative estimate of drug-likeness (QED) is 0.829. The Kier molecular flexibility index (Phi) is 4.29. The molecule has 0 aliphatic carbocycles. The second kappa shape index (κ2) is 6.37. The van der Waals surface area contributed by atoms with E-state index in [1.807, 2.05) is 54.0 Å². The van der Waals surface area contributed by atoms with Crippen molar-refractivity contribution in [3.8, 4) is 5.69 Å². The molecule has 122 valence electrons. The number of hydrogen-bond donors (Lipinski definition) is 1. The first kappa shape index (κ1) is 15.5. The summed E-state index contributed by atoms with van der Waals surface area (Å²) in [4.78, 5) is 14.2. The lowest BCUT2D eigenvalue weighted by Crippen LogP contribution is -3.11. The topological polar surface area (TPSA) is 59.3 Å². The van der Waals surface area contributed by atoms with Crippen LogP contribution in [-0.4, -0.2) is 47.6 Å². The number of hydrogen-bond acceptors (Lipinski definition) is 3. The molecule has 0 atom stereocenters. The molecule has 1 saturated heterocycles. The molecule has 7 heteroatoms. The van der Waals surface area contributed by atoms with Crippen molar-refractivity contribution in [3.63, 3.8) is 0 Å². The number of quaternary nitrogens is 1. The average molecular weight is 315 g/mol. The summed E-state index contributed by atoms with van der Waals surface area (Å²) in [6, 6.07) is 9.58. The fourth-order valence-electron chi connectivity index (χ4n) is 2.74. The molecule has 0 unspecified atom stereocenters. The summed E-state index contributed by atoms with van der Waals surface area (Å²) < 4.78 is 3.44. The van der Waals surface area contributed by atoms with Gasteiger partial charge in [-0.3, -0.25) is 14.5 Å². The summed E-state index contributed by atoms with van der Waals surface area (Å²) in [6.07, 6.45) is 0. The summed E-state index contributed by atoms with van der Waals surface area (Å²) in [7, 11) is 4.04. The van der Waals surface area contributed by atoms with Crippen LogP contribution in [0.1, 0.15) is 5.69 Å². The Morgan fingerprint density at radius 3 is 2.43 bits per heavy atom. The molecular weight excluding hydrogens is 292 g/mol. The number of piperazine rings is 1. The van der Waals surface area contributed by atoms with Crippen LogP contribution in [0.15, 0.2) is 45.5 Å². The molecule has 2 heterocycles. The standard InChI is InChI=1S/C16H22N6O/c1-13-15(17-18-21-11-9-19(2)10-12-21)16(23)22(20(13)3)14-7-5-4-6-8-14/h4-8H,9-12H2,1-3H3/p+1. The van der Waals surface area contributed by atoms with Gasteiger partial charge in [-0.05, 0) is 19.1 Å². The van der Waals surface area contributed by atoms with E-state index in [1.54, 1.807) is 4.68 Å². The number of rotatable bonds is 3. The van der Waals surface area contributed by atoms with Crippen LogP contribution in [-0.2, 0) is 7.05 Å². The first-order valence-electron chi connectivity index (χ1n) is 7.90. The third-order valence-electron chi connectivity index (χ3n) is 4.39. The molecular formula is C16H23N6O+. The summed E-state index contributed by atoms with van der Waals surface area (Å²) in [6.45, 7) is 5.72. The van der Waals surface area contributed by atoms with Crippen molar-refractivity contribution in [1.29, 1.82) is 0 Å². The van der Waals surface area contributed by atoms with Gasteiger partial charge < -0.3 is 4.90 Å². The predicted octanol–water partition coefficient (Wildman–Crippen LogP) is 0.313. The first-order chi connectivity index (χ1) is 11.1. The van der Waals surface area contributed by atoms with Crippen LogP contribution < -0.4 is 10.5 Å². The molecule has 1 aliphatic heterocycles. The van der Waals surface area contributed by atoms with Crippen LogP contribution in [0.5, 0.6) is 0 Å². The van der Waals surface area contributed by atoms with E-state index in [1.165, 1.54) is 4.90 Å². The van der Waals surface area contributed by atoms with Crippen LogP contribution in [0.2, 0.25) is 0 Å². The molecule has 0 spiro atoms. The molecule has 1 fully saturated rings. The summed E-state index contributed by atoms with van der Waals surface area (Å²) in [5, 5.41) is 10.5. The minimum Gasteiger partial charge on any atom is -0.334 e. The zero-order valence-electron chi connectivity index (χ0n) is 13.9. The van der Waals surface area contributed by atoms with E-state index < -0.39 is 0 Å². The van der Waals surface area contributed by atoms with E-state index in [-0.39, 0.29) is 5.56 Å². The number of nitrogens with zero attached hydrogens (tertiary/aromatic N) is 5. The van der Waals surface area contributed by atoms with Crippen molar-refractivity contribution in [2.45, 2.75) is 6.92 Å². The van der Waals surface area contributed by atoms with Crippen molar-refractivity contribution < 1.29 is 4.90 Å². The van der Waals surface area contributed by atoms with E-state index in [4.69, 9.17) is 0 Å². The first-order valence-corrected chi connectivity index (χ1v) is 7.90. The number of aromatic nitrogens is 2. The summed E-state index contributed by atoms with van der Waals surface area (Å²) >= 11 is 0. The van der Waals surface area contributed by atoms with E-state index in [2.05, 4.69) is 17.4 Å². The third kappa shape index (κ3) is 3.05. The minimum atomic E-state index is -0.139. The van der Waals surface area contributed by atoms with Gasteiger partial charge in [0.05, 0.1) is 44.6 Å². The average Bonchev–Trinajstić information content (AvgIpc) is 2.78. The Morgan fingerprint density at radius 1 is 1.13 bits per heavy atom. The van der Waals surface area contributed by atoms with Gasteiger partial charge in [0.1, 0.15) is 0 Å². The lowest BCUT2D eigenvalue weighted by atomic mass is 10.3. The highest BCUT2D eigenvalue weighted by atomic mass is 16.1. The summed E-state index contributed by atoms with van der Waals surface area (Å²) in [5.41, 5.74) is 1.90. The maximum atomic E-state index is 12.7. The van der Waals surface area contributed by atoms with Crippen molar-refractivity contribution >= 4 is 5.69 Å². The Morgan fingerprint density at radius 2 is 1.78 bits per heavy atom. The molecule has 0 bridgehead atoms. The number of para-hydroxylation sites is 1. The highest BCUT2D eigenvalue weighted by molar-refractivity contribution is 5.43. The van der Waals surface area contributed by atoms with Gasteiger partial charge in [0, 0.05) is 7.05 Å². The molecule has 1 aromatic heterocycles. The summed E-state index contributed by atoms with van der Waals surface area (Å²) in [5.74, 6) is 0. The molecule has 1 N–H and O–H groups in total. The van der Waals surface area contributed by atoms with Crippen molar-refractivity contribution in [2.24, 2.45) is 17.4 Å². The molecule has 1 aliphatic rings. The van der Waals surface area contributed by atoms with Gasteiger partial charge >= 0.3 is 0 Å². The molecule has 3 rings (SSSR count). The van der Waals surface area contributed by atoms with Gasteiger partial charge in [-0.15, -0.1) is 5.11 Å². The third-order valence-corrected chi connectivity index (χ3v) is 4.39. The van der Waals surface area contributed by atoms with E-state index in [0.717, 1.165) is 37.6 Å². The smallest absolute Gasteiger partial charge is 0.299 e. The molecule has 23 heavy (non-hydrogen) atoms. The van der Waals surface area contributed by atoms with Gasteiger partial charge in [-0.1, -0.05) is 23.4 Å². The SMILES string of the molecule is Cc1c(N=NN2CC[NH+](C)CC2)c(=O)n(-c2ccccc2)n1C. The van der Waals surface area contributed by atoms with Crippen LogP contribution in [0.25, 0.3) is 5.69 Å². The number of nitrogens with one attached hydrogen (secondary N) is 1. The second-order valence-electron chi connectivity index (χ2n) is 6.01. The van der Waals surface area contributed by atoms with Crippen LogP contribution >= 0.6 is 0 Å². The van der Waals surface area contributed by atoms with Crippen LogP contribution in [0, 0.1) is 6.92 Å². The van der Waals surface area contributed by atoms with Gasteiger partial charge in [0.15, 0.2) is 5.69 Å². The zero-order chi connectivity index (χ0) is 16.4. The van der Waals surface area contributed by atoms with Gasteiger partial charge in [0.2, 0.25) is 0 Å². The molecule has 0 amide bonds. The molecule has 7 nitrogen and oxygen atoms in total. The highest BCUT2D eigenvalue weighted by Crippen LogP contribution is 2.17. The largest absolute Gasteiger partial charge is 0.334 e. The molecule has 0 saturated carbocycles. The van der Waals surface area contributed by atoms with Crippen molar-refractivity contribution in [2.75, 3.05) is 33.2 Å². The van der Waals surface area contributed by atoms with Gasteiger partial charge in [0.25, 0.3) is 5.56 Å². The number of benzene rings is 1. The molecule has 0 radical (unpaired) electrons.